The largest absolute Gasteiger partial charge is 0.484 e. The van der Waals surface area contributed by atoms with Gasteiger partial charge in [0.25, 0.3) is 5.91 Å². The Kier molecular flexibility index (Phi) is 5.80. The molecule has 2 rings (SSSR count). The molecular formula is C20H25NO2. The maximum atomic E-state index is 12.2. The van der Waals surface area contributed by atoms with Crippen LogP contribution in [0.5, 0.6) is 5.75 Å². The van der Waals surface area contributed by atoms with Crippen molar-refractivity contribution in [2.24, 2.45) is 0 Å². The van der Waals surface area contributed by atoms with E-state index in [0.717, 1.165) is 29.0 Å². The molecule has 0 saturated heterocycles. The van der Waals surface area contributed by atoms with Crippen LogP contribution in [-0.4, -0.2) is 12.5 Å². The van der Waals surface area contributed by atoms with Crippen LogP contribution in [-0.2, 0) is 4.79 Å². The third kappa shape index (κ3) is 4.59. The SMILES string of the molecule is CC[C@H](C)c1ccccc1NC(=O)COc1ccc(C)c(C)c1. The van der Waals surface area contributed by atoms with Gasteiger partial charge in [-0.25, -0.2) is 0 Å². The number of carbonyl (C=O) groups excluding carboxylic acids is 1. The van der Waals surface area contributed by atoms with E-state index in [1.807, 2.05) is 43.3 Å². The van der Waals surface area contributed by atoms with Gasteiger partial charge in [-0.1, -0.05) is 38.1 Å². The van der Waals surface area contributed by atoms with Crippen molar-refractivity contribution in [1.82, 2.24) is 0 Å². The van der Waals surface area contributed by atoms with Crippen LogP contribution in [0, 0.1) is 13.8 Å². The minimum absolute atomic E-state index is 0.0113. The highest BCUT2D eigenvalue weighted by atomic mass is 16.5. The maximum Gasteiger partial charge on any atom is 0.262 e. The standard InChI is InChI=1S/C20H25NO2/c1-5-14(2)18-8-6-7-9-19(18)21-20(22)13-23-17-11-10-15(3)16(4)12-17/h6-12,14H,5,13H2,1-4H3,(H,21,22)/t14-/m0/s1. The minimum Gasteiger partial charge on any atom is -0.484 e. The van der Waals surface area contributed by atoms with Crippen LogP contribution in [0.3, 0.4) is 0 Å². The van der Waals surface area contributed by atoms with E-state index in [4.69, 9.17) is 4.74 Å². The number of para-hydroxylation sites is 1. The van der Waals surface area contributed by atoms with Crippen molar-refractivity contribution in [2.45, 2.75) is 40.0 Å². The smallest absolute Gasteiger partial charge is 0.262 e. The van der Waals surface area contributed by atoms with E-state index in [1.54, 1.807) is 0 Å². The lowest BCUT2D eigenvalue weighted by atomic mass is 9.97. The van der Waals surface area contributed by atoms with Crippen LogP contribution >= 0.6 is 0 Å². The van der Waals surface area contributed by atoms with Crippen LogP contribution in [0.25, 0.3) is 0 Å². The molecule has 1 amide bonds. The molecule has 122 valence electrons. The summed E-state index contributed by atoms with van der Waals surface area (Å²) in [5, 5.41) is 2.96. The number of anilines is 1. The summed E-state index contributed by atoms with van der Waals surface area (Å²) < 4.78 is 5.59. The molecule has 0 unspecified atom stereocenters. The van der Waals surface area contributed by atoms with Crippen LogP contribution in [0.1, 0.15) is 42.9 Å². The van der Waals surface area contributed by atoms with E-state index < -0.39 is 0 Å². The lowest BCUT2D eigenvalue weighted by Crippen LogP contribution is -2.21. The van der Waals surface area contributed by atoms with E-state index in [2.05, 4.69) is 32.2 Å². The summed E-state index contributed by atoms with van der Waals surface area (Å²) in [6.07, 6.45) is 1.03. The Morgan fingerprint density at radius 2 is 1.87 bits per heavy atom. The first-order valence-electron chi connectivity index (χ1n) is 8.10. The Morgan fingerprint density at radius 3 is 2.57 bits per heavy atom. The van der Waals surface area contributed by atoms with Gasteiger partial charge in [0.1, 0.15) is 5.75 Å². The van der Waals surface area contributed by atoms with E-state index >= 15 is 0 Å². The van der Waals surface area contributed by atoms with Gasteiger partial charge in [-0.2, -0.15) is 0 Å². The number of aryl methyl sites for hydroxylation is 2. The third-order valence-electron chi connectivity index (χ3n) is 4.23. The molecule has 0 radical (unpaired) electrons. The molecule has 3 heteroatoms. The molecule has 0 aromatic heterocycles. The van der Waals surface area contributed by atoms with Crippen molar-refractivity contribution in [1.29, 1.82) is 0 Å². The second-order valence-electron chi connectivity index (χ2n) is 5.98. The minimum atomic E-state index is -0.140. The Bertz CT molecular complexity index is 679. The normalized spacial score (nSPS) is 11.8. The Balaban J connectivity index is 1.98. The van der Waals surface area contributed by atoms with E-state index in [9.17, 15) is 4.79 Å². The van der Waals surface area contributed by atoms with Gasteiger partial charge in [0, 0.05) is 5.69 Å². The van der Waals surface area contributed by atoms with Gasteiger partial charge >= 0.3 is 0 Å². The lowest BCUT2D eigenvalue weighted by molar-refractivity contribution is -0.118. The molecule has 0 bridgehead atoms. The molecule has 0 spiro atoms. The van der Waals surface area contributed by atoms with Crippen LogP contribution in [0.15, 0.2) is 42.5 Å². The summed E-state index contributed by atoms with van der Waals surface area (Å²) >= 11 is 0. The molecule has 0 aliphatic carbocycles. The topological polar surface area (TPSA) is 38.3 Å². The predicted octanol–water partition coefficient (Wildman–Crippen LogP) is 4.83. The monoisotopic (exact) mass is 311 g/mol. The molecule has 1 N–H and O–H groups in total. The Labute approximate surface area is 138 Å². The summed E-state index contributed by atoms with van der Waals surface area (Å²) in [6, 6.07) is 13.8. The van der Waals surface area contributed by atoms with Crippen molar-refractivity contribution in [2.75, 3.05) is 11.9 Å². The van der Waals surface area contributed by atoms with E-state index in [1.165, 1.54) is 5.56 Å². The number of rotatable bonds is 6. The van der Waals surface area contributed by atoms with Crippen molar-refractivity contribution < 1.29 is 9.53 Å². The zero-order valence-electron chi connectivity index (χ0n) is 14.3. The number of ether oxygens (including phenoxy) is 1. The fraction of sp³-hybridized carbons (Fsp3) is 0.350. The number of carbonyl (C=O) groups is 1. The highest BCUT2D eigenvalue weighted by Crippen LogP contribution is 2.26. The summed E-state index contributed by atoms with van der Waals surface area (Å²) in [6.45, 7) is 8.41. The van der Waals surface area contributed by atoms with Gasteiger partial charge in [-0.15, -0.1) is 0 Å². The van der Waals surface area contributed by atoms with Gasteiger partial charge in [-0.3, -0.25) is 4.79 Å². The van der Waals surface area contributed by atoms with Gasteiger partial charge in [0.2, 0.25) is 0 Å². The summed E-state index contributed by atoms with van der Waals surface area (Å²) in [5.74, 6) is 0.990. The molecular weight excluding hydrogens is 286 g/mol. The fourth-order valence-electron chi connectivity index (χ4n) is 2.40. The third-order valence-corrected chi connectivity index (χ3v) is 4.23. The number of benzene rings is 2. The number of hydrogen-bond donors (Lipinski definition) is 1. The van der Waals surface area contributed by atoms with Crippen molar-refractivity contribution in [3.63, 3.8) is 0 Å². The molecule has 2 aromatic rings. The first kappa shape index (κ1) is 17.1. The van der Waals surface area contributed by atoms with Crippen molar-refractivity contribution >= 4 is 11.6 Å². The average Bonchev–Trinajstić information content (AvgIpc) is 2.55. The first-order chi connectivity index (χ1) is 11.0. The predicted molar refractivity (Wildman–Crippen MR) is 95.2 cm³/mol. The van der Waals surface area contributed by atoms with E-state index in [0.29, 0.717) is 5.92 Å². The average molecular weight is 311 g/mol. The van der Waals surface area contributed by atoms with Crippen LogP contribution in [0.2, 0.25) is 0 Å². The molecule has 0 aliphatic rings. The maximum absolute atomic E-state index is 12.2. The van der Waals surface area contributed by atoms with Gasteiger partial charge in [0.15, 0.2) is 6.61 Å². The molecule has 0 aliphatic heterocycles. The van der Waals surface area contributed by atoms with Gasteiger partial charge in [0.05, 0.1) is 0 Å². The second kappa shape index (κ2) is 7.82. The van der Waals surface area contributed by atoms with Gasteiger partial charge < -0.3 is 10.1 Å². The zero-order valence-corrected chi connectivity index (χ0v) is 14.3. The van der Waals surface area contributed by atoms with Gasteiger partial charge in [-0.05, 0) is 61.1 Å². The quantitative estimate of drug-likeness (QED) is 0.829. The molecule has 3 nitrogen and oxygen atoms in total. The van der Waals surface area contributed by atoms with Crippen LogP contribution in [0.4, 0.5) is 5.69 Å². The molecule has 23 heavy (non-hydrogen) atoms. The molecule has 0 saturated carbocycles. The van der Waals surface area contributed by atoms with Crippen LogP contribution < -0.4 is 10.1 Å². The fourth-order valence-corrected chi connectivity index (χ4v) is 2.40. The molecule has 0 heterocycles. The highest BCUT2D eigenvalue weighted by Gasteiger charge is 2.11. The van der Waals surface area contributed by atoms with E-state index in [-0.39, 0.29) is 12.5 Å². The second-order valence-corrected chi connectivity index (χ2v) is 5.98. The first-order valence-corrected chi connectivity index (χ1v) is 8.10. The lowest BCUT2D eigenvalue weighted by Gasteiger charge is -2.16. The summed E-state index contributed by atoms with van der Waals surface area (Å²) in [7, 11) is 0. The van der Waals surface area contributed by atoms with Crippen molar-refractivity contribution in [3.05, 3.63) is 59.2 Å². The Hall–Kier alpha value is -2.29. The number of hydrogen-bond acceptors (Lipinski definition) is 2. The molecule has 1 atom stereocenters. The zero-order chi connectivity index (χ0) is 16.8. The number of amides is 1. The molecule has 2 aromatic carbocycles. The highest BCUT2D eigenvalue weighted by molar-refractivity contribution is 5.92. The summed E-state index contributed by atoms with van der Waals surface area (Å²) in [4.78, 5) is 12.2. The Morgan fingerprint density at radius 1 is 1.13 bits per heavy atom. The molecule has 0 fully saturated rings. The number of nitrogens with one attached hydrogen (secondary N) is 1. The summed E-state index contributed by atoms with van der Waals surface area (Å²) in [5.41, 5.74) is 4.40. The van der Waals surface area contributed by atoms with Crippen molar-refractivity contribution in [3.8, 4) is 5.75 Å².